The molecule has 1 N–H and O–H groups in total. The highest BCUT2D eigenvalue weighted by molar-refractivity contribution is 7.91. The van der Waals surface area contributed by atoms with Crippen LogP contribution < -0.4 is 4.72 Å². The van der Waals surface area contributed by atoms with Crippen molar-refractivity contribution in [3.05, 3.63) is 40.4 Å². The minimum absolute atomic E-state index is 0.0301. The summed E-state index contributed by atoms with van der Waals surface area (Å²) in [6, 6.07) is 7.08. The lowest BCUT2D eigenvalue weighted by Crippen LogP contribution is -2.22. The van der Waals surface area contributed by atoms with Crippen molar-refractivity contribution < 1.29 is 12.8 Å². The molecule has 0 aromatic carbocycles. The zero-order valence-corrected chi connectivity index (χ0v) is 13.4. The van der Waals surface area contributed by atoms with Crippen LogP contribution in [0, 0.1) is 6.92 Å². The normalized spacial score (nSPS) is 11.9. The van der Waals surface area contributed by atoms with E-state index in [1.165, 1.54) is 22.7 Å². The predicted octanol–water partition coefficient (Wildman–Crippen LogP) is 2.65. The summed E-state index contributed by atoms with van der Waals surface area (Å²) >= 11 is 2.70. The molecule has 0 spiro atoms. The minimum atomic E-state index is -3.54. The summed E-state index contributed by atoms with van der Waals surface area (Å²) in [5.74, 6) is 0.626. The maximum Gasteiger partial charge on any atom is 0.257 e. The van der Waals surface area contributed by atoms with Gasteiger partial charge >= 0.3 is 0 Å². The van der Waals surface area contributed by atoms with Crippen molar-refractivity contribution in [3.63, 3.8) is 0 Å². The summed E-state index contributed by atoms with van der Waals surface area (Å²) in [7, 11) is -3.54. The first-order valence-electron chi connectivity index (χ1n) is 5.97. The number of nitrogens with one attached hydrogen (secondary N) is 1. The molecule has 0 saturated carbocycles. The summed E-state index contributed by atoms with van der Waals surface area (Å²) in [6.45, 7) is 1.83. The number of rotatable bonds is 5. The highest BCUT2D eigenvalue weighted by Crippen LogP contribution is 2.23. The zero-order chi connectivity index (χ0) is 14.9. The summed E-state index contributed by atoms with van der Waals surface area (Å²) in [6.07, 6.45) is 0. The molecular formula is C12H11N3O3S3. The van der Waals surface area contributed by atoms with Gasteiger partial charge in [-0.05, 0) is 30.5 Å². The molecule has 0 saturated heterocycles. The molecule has 3 aromatic heterocycles. The number of hydrogen-bond donors (Lipinski definition) is 1. The van der Waals surface area contributed by atoms with Gasteiger partial charge in [0.15, 0.2) is 0 Å². The van der Waals surface area contributed by atoms with E-state index in [4.69, 9.17) is 4.42 Å². The average molecular weight is 341 g/mol. The van der Waals surface area contributed by atoms with Crippen LogP contribution in [0.4, 0.5) is 0 Å². The molecule has 0 aliphatic rings. The average Bonchev–Trinajstić information content (AvgIpc) is 3.17. The third kappa shape index (κ3) is 3.21. The van der Waals surface area contributed by atoms with Crippen LogP contribution in [0.15, 0.2) is 38.3 Å². The Balaban J connectivity index is 1.71. The molecule has 110 valence electrons. The second kappa shape index (κ2) is 5.68. The highest BCUT2D eigenvalue weighted by Gasteiger charge is 2.18. The van der Waals surface area contributed by atoms with Crippen molar-refractivity contribution in [1.82, 2.24) is 14.9 Å². The van der Waals surface area contributed by atoms with Crippen molar-refractivity contribution in [2.24, 2.45) is 0 Å². The summed E-state index contributed by atoms with van der Waals surface area (Å²) in [5, 5.41) is 9.64. The largest absolute Gasteiger partial charge is 0.418 e. The third-order valence-corrected chi connectivity index (χ3v) is 6.34. The second-order valence-electron chi connectivity index (χ2n) is 4.17. The topological polar surface area (TPSA) is 85.1 Å². The van der Waals surface area contributed by atoms with E-state index in [9.17, 15) is 8.42 Å². The van der Waals surface area contributed by atoms with Gasteiger partial charge in [0.25, 0.3) is 15.9 Å². The van der Waals surface area contributed by atoms with Crippen molar-refractivity contribution in [2.45, 2.75) is 17.7 Å². The second-order valence-corrected chi connectivity index (χ2v) is 8.40. The van der Waals surface area contributed by atoms with E-state index >= 15 is 0 Å². The van der Waals surface area contributed by atoms with Gasteiger partial charge in [-0.3, -0.25) is 0 Å². The number of sulfonamides is 1. The van der Waals surface area contributed by atoms with Gasteiger partial charge in [-0.25, -0.2) is 13.1 Å². The Morgan fingerprint density at radius 1 is 1.29 bits per heavy atom. The van der Waals surface area contributed by atoms with E-state index < -0.39 is 10.0 Å². The van der Waals surface area contributed by atoms with Gasteiger partial charge in [-0.15, -0.1) is 32.9 Å². The Morgan fingerprint density at radius 2 is 2.14 bits per heavy atom. The zero-order valence-electron chi connectivity index (χ0n) is 10.9. The van der Waals surface area contributed by atoms with Crippen LogP contribution in [-0.4, -0.2) is 18.6 Å². The van der Waals surface area contributed by atoms with Gasteiger partial charge in [0.1, 0.15) is 4.21 Å². The maximum atomic E-state index is 12.1. The van der Waals surface area contributed by atoms with Crippen molar-refractivity contribution in [2.75, 3.05) is 0 Å². The van der Waals surface area contributed by atoms with Gasteiger partial charge < -0.3 is 4.42 Å². The molecule has 0 atom stereocenters. The van der Waals surface area contributed by atoms with E-state index in [0.29, 0.717) is 5.89 Å². The molecule has 0 fully saturated rings. The van der Waals surface area contributed by atoms with Gasteiger partial charge in [0.2, 0.25) is 5.89 Å². The van der Waals surface area contributed by atoms with Crippen LogP contribution in [0.25, 0.3) is 10.8 Å². The van der Waals surface area contributed by atoms with Crippen LogP contribution in [0.1, 0.15) is 10.8 Å². The molecule has 0 amide bonds. The Hall–Kier alpha value is -1.55. The van der Waals surface area contributed by atoms with E-state index in [1.54, 1.807) is 12.1 Å². The molecule has 3 aromatic rings. The van der Waals surface area contributed by atoms with Gasteiger partial charge in [0, 0.05) is 4.88 Å². The quantitative estimate of drug-likeness (QED) is 0.771. The van der Waals surface area contributed by atoms with E-state index in [0.717, 1.165) is 9.75 Å². The molecule has 0 radical (unpaired) electrons. The Kier molecular flexibility index (Phi) is 3.89. The summed E-state index contributed by atoms with van der Waals surface area (Å²) in [5.41, 5.74) is 0. The fourth-order valence-electron chi connectivity index (χ4n) is 1.61. The van der Waals surface area contributed by atoms with Gasteiger partial charge in [-0.1, -0.05) is 6.07 Å². The lowest BCUT2D eigenvalue weighted by Gasteiger charge is -2.01. The molecule has 0 unspecified atom stereocenters. The lowest BCUT2D eigenvalue weighted by molar-refractivity contribution is 0.495. The van der Waals surface area contributed by atoms with Crippen molar-refractivity contribution in [1.29, 1.82) is 0 Å². The van der Waals surface area contributed by atoms with Gasteiger partial charge in [0.05, 0.1) is 11.4 Å². The Labute approximate surface area is 129 Å². The lowest BCUT2D eigenvalue weighted by atomic mass is 10.5. The van der Waals surface area contributed by atoms with Crippen LogP contribution in [-0.2, 0) is 16.6 Å². The highest BCUT2D eigenvalue weighted by atomic mass is 32.2. The fourth-order valence-corrected chi connectivity index (χ4v) is 4.56. The molecule has 21 heavy (non-hydrogen) atoms. The molecule has 0 aliphatic heterocycles. The van der Waals surface area contributed by atoms with Crippen molar-refractivity contribution in [3.8, 4) is 10.8 Å². The first kappa shape index (κ1) is 14.4. The number of aromatic nitrogens is 2. The van der Waals surface area contributed by atoms with E-state index in [2.05, 4.69) is 14.9 Å². The van der Waals surface area contributed by atoms with Crippen LogP contribution >= 0.6 is 22.7 Å². The Morgan fingerprint density at radius 3 is 2.81 bits per heavy atom. The fraction of sp³-hybridized carbons (Fsp3) is 0.167. The molecule has 9 heteroatoms. The summed E-state index contributed by atoms with van der Waals surface area (Å²) < 4.78 is 32.3. The number of aryl methyl sites for hydroxylation is 1. The molecule has 0 bridgehead atoms. The summed E-state index contributed by atoms with van der Waals surface area (Å²) in [4.78, 5) is 1.79. The standard InChI is InChI=1S/C12H11N3O3S3/c1-8-4-5-11(20-8)21(16,17)13-7-10-14-15-12(18-10)9-3-2-6-19-9/h2-6,13H,7H2,1H3. The molecular weight excluding hydrogens is 330 g/mol. The monoisotopic (exact) mass is 341 g/mol. The smallest absolute Gasteiger partial charge is 0.257 e. The van der Waals surface area contributed by atoms with Gasteiger partial charge in [-0.2, -0.15) is 0 Å². The predicted molar refractivity (Wildman–Crippen MR) is 80.7 cm³/mol. The van der Waals surface area contributed by atoms with Crippen LogP contribution in [0.2, 0.25) is 0 Å². The third-order valence-electron chi connectivity index (χ3n) is 2.59. The number of hydrogen-bond acceptors (Lipinski definition) is 7. The molecule has 0 aliphatic carbocycles. The first-order chi connectivity index (χ1) is 10.0. The number of thiophene rings is 2. The molecule has 6 nitrogen and oxygen atoms in total. The first-order valence-corrected chi connectivity index (χ1v) is 9.15. The number of nitrogens with zero attached hydrogens (tertiary/aromatic N) is 2. The molecule has 3 heterocycles. The van der Waals surface area contributed by atoms with Crippen LogP contribution in [0.3, 0.4) is 0 Å². The van der Waals surface area contributed by atoms with Crippen LogP contribution in [0.5, 0.6) is 0 Å². The Bertz CT molecular complexity index is 834. The van der Waals surface area contributed by atoms with E-state index in [1.807, 2.05) is 24.4 Å². The van der Waals surface area contributed by atoms with E-state index in [-0.39, 0.29) is 16.6 Å². The minimum Gasteiger partial charge on any atom is -0.418 e. The maximum absolute atomic E-state index is 12.1. The SMILES string of the molecule is Cc1ccc(S(=O)(=O)NCc2nnc(-c3cccs3)o2)s1. The molecule has 3 rings (SSSR count). The van der Waals surface area contributed by atoms with Crippen molar-refractivity contribution >= 4 is 32.7 Å².